The number of halogens is 1. The van der Waals surface area contributed by atoms with Gasteiger partial charge in [-0.3, -0.25) is 14.4 Å². The minimum atomic E-state index is -0.525. The van der Waals surface area contributed by atoms with Crippen molar-refractivity contribution in [1.29, 1.82) is 0 Å². The molecule has 7 nitrogen and oxygen atoms in total. The van der Waals surface area contributed by atoms with Crippen LogP contribution in [0, 0.1) is 18.7 Å². The summed E-state index contributed by atoms with van der Waals surface area (Å²) in [6.45, 7) is 2.43. The van der Waals surface area contributed by atoms with E-state index in [-0.39, 0.29) is 30.5 Å². The molecule has 3 amide bonds. The molecule has 1 aliphatic heterocycles. The predicted molar refractivity (Wildman–Crippen MR) is 130 cm³/mol. The fraction of sp³-hybridized carbons (Fsp3) is 0.222. The predicted octanol–water partition coefficient (Wildman–Crippen LogP) is 3.82. The highest BCUT2D eigenvalue weighted by atomic mass is 19.1. The minimum Gasteiger partial charge on any atom is -0.484 e. The molecule has 1 fully saturated rings. The lowest BCUT2D eigenvalue weighted by molar-refractivity contribution is -0.126. The summed E-state index contributed by atoms with van der Waals surface area (Å²) in [6, 6.07) is 20.5. The number of carbonyl (C=O) groups excluding carboxylic acids is 3. The van der Waals surface area contributed by atoms with Crippen LogP contribution in [0.2, 0.25) is 0 Å². The van der Waals surface area contributed by atoms with E-state index in [4.69, 9.17) is 4.74 Å². The monoisotopic (exact) mass is 475 g/mol. The highest BCUT2D eigenvalue weighted by Gasteiger charge is 2.35. The lowest BCUT2D eigenvalue weighted by Gasteiger charge is -2.17. The molecule has 0 bridgehead atoms. The quantitative estimate of drug-likeness (QED) is 0.519. The summed E-state index contributed by atoms with van der Waals surface area (Å²) >= 11 is 0. The van der Waals surface area contributed by atoms with Gasteiger partial charge in [-0.2, -0.15) is 0 Å². The molecular formula is C27H26FN3O4. The van der Waals surface area contributed by atoms with Crippen molar-refractivity contribution in [3.05, 3.63) is 89.7 Å². The number of rotatable bonds is 8. The third-order valence-corrected chi connectivity index (χ3v) is 5.75. The number of para-hydroxylation sites is 1. The Balaban J connectivity index is 1.27. The molecule has 180 valence electrons. The second-order valence-corrected chi connectivity index (χ2v) is 8.42. The van der Waals surface area contributed by atoms with Crippen LogP contribution in [0.4, 0.5) is 15.8 Å². The van der Waals surface area contributed by atoms with Crippen molar-refractivity contribution in [1.82, 2.24) is 5.32 Å². The maximum Gasteiger partial charge on any atom is 0.262 e. The van der Waals surface area contributed by atoms with Gasteiger partial charge >= 0.3 is 0 Å². The van der Waals surface area contributed by atoms with E-state index in [1.807, 2.05) is 31.2 Å². The lowest BCUT2D eigenvalue weighted by Crippen LogP contribution is -2.32. The summed E-state index contributed by atoms with van der Waals surface area (Å²) in [4.78, 5) is 38.7. The summed E-state index contributed by atoms with van der Waals surface area (Å²) in [5, 5.41) is 5.36. The average molecular weight is 476 g/mol. The molecular weight excluding hydrogens is 449 g/mol. The number of benzene rings is 3. The van der Waals surface area contributed by atoms with Crippen LogP contribution in [-0.4, -0.2) is 30.9 Å². The molecule has 8 heteroatoms. The number of nitrogens with zero attached hydrogens (tertiary/aromatic N) is 1. The number of hydrogen-bond donors (Lipinski definition) is 2. The maximum atomic E-state index is 13.6. The Bertz CT molecular complexity index is 1210. The lowest BCUT2D eigenvalue weighted by atomic mass is 10.1. The summed E-state index contributed by atoms with van der Waals surface area (Å²) < 4.78 is 19.1. The number of amides is 3. The molecule has 1 heterocycles. The van der Waals surface area contributed by atoms with Gasteiger partial charge in [0.1, 0.15) is 11.6 Å². The topological polar surface area (TPSA) is 87.7 Å². The van der Waals surface area contributed by atoms with Crippen LogP contribution in [-0.2, 0) is 20.9 Å². The Morgan fingerprint density at radius 1 is 1.03 bits per heavy atom. The molecule has 3 aromatic carbocycles. The van der Waals surface area contributed by atoms with Crippen molar-refractivity contribution < 1.29 is 23.5 Å². The fourth-order valence-corrected chi connectivity index (χ4v) is 3.79. The van der Waals surface area contributed by atoms with Crippen LogP contribution in [0.5, 0.6) is 5.75 Å². The van der Waals surface area contributed by atoms with Crippen LogP contribution in [0.1, 0.15) is 17.5 Å². The summed E-state index contributed by atoms with van der Waals surface area (Å²) in [5.41, 5.74) is 2.89. The molecule has 1 aliphatic rings. The van der Waals surface area contributed by atoms with Gasteiger partial charge in [0.05, 0.1) is 11.6 Å². The van der Waals surface area contributed by atoms with Crippen LogP contribution in [0.3, 0.4) is 0 Å². The number of anilines is 2. The average Bonchev–Trinajstić information content (AvgIpc) is 3.25. The first-order valence-electron chi connectivity index (χ1n) is 11.3. The molecule has 4 rings (SSSR count). The molecule has 0 saturated carbocycles. The zero-order valence-corrected chi connectivity index (χ0v) is 19.3. The van der Waals surface area contributed by atoms with Gasteiger partial charge in [0, 0.05) is 25.2 Å². The van der Waals surface area contributed by atoms with Gasteiger partial charge in [0.2, 0.25) is 11.8 Å². The Labute approximate surface area is 202 Å². The highest BCUT2D eigenvalue weighted by molar-refractivity contribution is 6.00. The maximum absolute atomic E-state index is 13.6. The van der Waals surface area contributed by atoms with Crippen molar-refractivity contribution in [2.24, 2.45) is 5.92 Å². The van der Waals surface area contributed by atoms with E-state index in [2.05, 4.69) is 10.6 Å². The van der Waals surface area contributed by atoms with Gasteiger partial charge in [-0.05, 0) is 48.9 Å². The molecule has 35 heavy (non-hydrogen) atoms. The smallest absolute Gasteiger partial charge is 0.262 e. The Morgan fingerprint density at radius 2 is 1.74 bits per heavy atom. The van der Waals surface area contributed by atoms with Crippen molar-refractivity contribution in [2.45, 2.75) is 19.9 Å². The zero-order valence-electron chi connectivity index (χ0n) is 19.3. The number of hydrogen-bond acceptors (Lipinski definition) is 4. The largest absolute Gasteiger partial charge is 0.484 e. The molecule has 3 aromatic rings. The summed E-state index contributed by atoms with van der Waals surface area (Å²) in [6.07, 6.45) is 0.147. The molecule has 0 radical (unpaired) electrons. The van der Waals surface area contributed by atoms with Crippen LogP contribution < -0.4 is 20.3 Å². The number of nitrogens with one attached hydrogen (secondary N) is 2. The van der Waals surface area contributed by atoms with Crippen LogP contribution in [0.25, 0.3) is 0 Å². The second kappa shape index (κ2) is 10.8. The van der Waals surface area contributed by atoms with Gasteiger partial charge < -0.3 is 20.3 Å². The Morgan fingerprint density at radius 3 is 2.46 bits per heavy atom. The van der Waals surface area contributed by atoms with Crippen molar-refractivity contribution >= 4 is 29.1 Å². The first-order chi connectivity index (χ1) is 16.9. The van der Waals surface area contributed by atoms with E-state index in [1.54, 1.807) is 35.2 Å². The molecule has 0 unspecified atom stereocenters. The van der Waals surface area contributed by atoms with E-state index in [0.29, 0.717) is 24.5 Å². The third-order valence-electron chi connectivity index (χ3n) is 5.75. The van der Waals surface area contributed by atoms with Gasteiger partial charge in [0.25, 0.3) is 5.91 Å². The molecule has 0 aliphatic carbocycles. The summed E-state index contributed by atoms with van der Waals surface area (Å²) in [7, 11) is 0. The minimum absolute atomic E-state index is 0.0847. The van der Waals surface area contributed by atoms with Gasteiger partial charge in [-0.1, -0.05) is 42.0 Å². The van der Waals surface area contributed by atoms with Crippen molar-refractivity contribution in [3.63, 3.8) is 0 Å². The molecule has 0 aromatic heterocycles. The van der Waals surface area contributed by atoms with E-state index in [9.17, 15) is 18.8 Å². The SMILES string of the molecule is Cc1ccc(CNC(=O)[C@H]2CC(=O)N(c3ccc(OCC(=O)Nc4ccccc4F)cc3)C2)cc1. The van der Waals surface area contributed by atoms with Gasteiger partial charge in [0.15, 0.2) is 6.61 Å². The van der Waals surface area contributed by atoms with Crippen molar-refractivity contribution in [2.75, 3.05) is 23.4 Å². The number of ether oxygens (including phenoxy) is 1. The van der Waals surface area contributed by atoms with E-state index in [1.165, 1.54) is 18.2 Å². The standard InChI is InChI=1S/C27H26FN3O4/c1-18-6-8-19(9-7-18)15-29-27(34)20-14-26(33)31(16-20)21-10-12-22(13-11-21)35-17-25(32)30-24-5-3-2-4-23(24)28/h2-13,20H,14-17H2,1H3,(H,29,34)(H,30,32)/t20-/m0/s1. The normalized spacial score (nSPS) is 15.1. The van der Waals surface area contributed by atoms with E-state index < -0.39 is 17.6 Å². The van der Waals surface area contributed by atoms with E-state index in [0.717, 1.165) is 11.1 Å². The molecule has 1 saturated heterocycles. The third kappa shape index (κ3) is 6.23. The van der Waals surface area contributed by atoms with Gasteiger partial charge in [-0.15, -0.1) is 0 Å². The highest BCUT2D eigenvalue weighted by Crippen LogP contribution is 2.27. The number of aryl methyl sites for hydroxylation is 1. The number of carbonyl (C=O) groups is 3. The van der Waals surface area contributed by atoms with Gasteiger partial charge in [-0.25, -0.2) is 4.39 Å². The second-order valence-electron chi connectivity index (χ2n) is 8.42. The summed E-state index contributed by atoms with van der Waals surface area (Å²) in [5.74, 6) is -1.29. The molecule has 1 atom stereocenters. The molecule has 2 N–H and O–H groups in total. The van der Waals surface area contributed by atoms with Crippen LogP contribution in [0.15, 0.2) is 72.8 Å². The van der Waals surface area contributed by atoms with E-state index >= 15 is 0 Å². The first-order valence-corrected chi connectivity index (χ1v) is 11.3. The van der Waals surface area contributed by atoms with Crippen LogP contribution >= 0.6 is 0 Å². The Kier molecular flexibility index (Phi) is 7.40. The van der Waals surface area contributed by atoms with Crippen molar-refractivity contribution in [3.8, 4) is 5.75 Å². The fourth-order valence-electron chi connectivity index (χ4n) is 3.79. The Hall–Kier alpha value is -4.20. The zero-order chi connectivity index (χ0) is 24.8. The first kappa shape index (κ1) is 23.9. The molecule has 0 spiro atoms.